The fourth-order valence-electron chi connectivity index (χ4n) is 2.57. The third-order valence-corrected chi connectivity index (χ3v) is 3.96. The lowest BCUT2D eigenvalue weighted by molar-refractivity contribution is 0.262. The van der Waals surface area contributed by atoms with Crippen LogP contribution in [-0.2, 0) is 6.54 Å². The SMILES string of the molecule is COc1ccc(Cl)cc1NC(=O)Nc1cc(C)nn1Cc1ccccc1. The van der Waals surface area contributed by atoms with Gasteiger partial charge in [-0.3, -0.25) is 5.32 Å². The molecule has 3 rings (SSSR count). The zero-order chi connectivity index (χ0) is 18.5. The molecule has 134 valence electrons. The molecule has 7 heteroatoms. The van der Waals surface area contributed by atoms with E-state index in [9.17, 15) is 4.79 Å². The van der Waals surface area contributed by atoms with E-state index in [4.69, 9.17) is 16.3 Å². The normalized spacial score (nSPS) is 10.4. The van der Waals surface area contributed by atoms with Gasteiger partial charge in [0.15, 0.2) is 0 Å². The molecule has 26 heavy (non-hydrogen) atoms. The van der Waals surface area contributed by atoms with E-state index in [2.05, 4.69) is 15.7 Å². The molecule has 0 bridgehead atoms. The van der Waals surface area contributed by atoms with Crippen LogP contribution >= 0.6 is 11.6 Å². The van der Waals surface area contributed by atoms with Crippen molar-refractivity contribution in [2.75, 3.05) is 17.7 Å². The molecule has 0 spiro atoms. The average Bonchev–Trinajstić information content (AvgIpc) is 2.95. The van der Waals surface area contributed by atoms with E-state index >= 15 is 0 Å². The summed E-state index contributed by atoms with van der Waals surface area (Å²) < 4.78 is 6.99. The van der Waals surface area contributed by atoms with Crippen LogP contribution in [0.4, 0.5) is 16.3 Å². The molecule has 0 saturated heterocycles. The van der Waals surface area contributed by atoms with Crippen LogP contribution in [0.25, 0.3) is 0 Å². The van der Waals surface area contributed by atoms with Crippen LogP contribution in [-0.4, -0.2) is 22.9 Å². The molecule has 1 aromatic heterocycles. The van der Waals surface area contributed by atoms with Gasteiger partial charge in [0.25, 0.3) is 0 Å². The number of benzene rings is 2. The molecule has 0 aliphatic carbocycles. The molecule has 2 N–H and O–H groups in total. The molecule has 6 nitrogen and oxygen atoms in total. The lowest BCUT2D eigenvalue weighted by Crippen LogP contribution is -2.22. The van der Waals surface area contributed by atoms with Crippen LogP contribution in [0.15, 0.2) is 54.6 Å². The average molecular weight is 371 g/mol. The van der Waals surface area contributed by atoms with E-state index in [0.29, 0.717) is 28.8 Å². The molecule has 0 radical (unpaired) electrons. The molecule has 1 heterocycles. The predicted molar refractivity (Wildman–Crippen MR) is 103 cm³/mol. The van der Waals surface area contributed by atoms with Gasteiger partial charge in [-0.05, 0) is 30.7 Å². The Morgan fingerprint density at radius 3 is 2.65 bits per heavy atom. The number of hydrogen-bond acceptors (Lipinski definition) is 3. The van der Waals surface area contributed by atoms with Crippen molar-refractivity contribution in [1.82, 2.24) is 9.78 Å². The molecule has 0 atom stereocenters. The molecule has 0 aliphatic rings. The zero-order valence-corrected chi connectivity index (χ0v) is 15.2. The highest BCUT2D eigenvalue weighted by atomic mass is 35.5. The van der Waals surface area contributed by atoms with E-state index in [1.54, 1.807) is 22.9 Å². The molecule has 2 aromatic carbocycles. The monoisotopic (exact) mass is 370 g/mol. The van der Waals surface area contributed by atoms with E-state index in [1.807, 2.05) is 43.3 Å². The summed E-state index contributed by atoms with van der Waals surface area (Å²) in [5, 5.41) is 10.5. The minimum absolute atomic E-state index is 0.403. The summed E-state index contributed by atoms with van der Waals surface area (Å²) in [4.78, 5) is 12.4. The largest absolute Gasteiger partial charge is 0.495 e. The summed E-state index contributed by atoms with van der Waals surface area (Å²) in [6, 6.07) is 16.4. The van der Waals surface area contributed by atoms with Gasteiger partial charge < -0.3 is 10.1 Å². The van der Waals surface area contributed by atoms with Crippen LogP contribution in [0.3, 0.4) is 0 Å². The van der Waals surface area contributed by atoms with Crippen molar-refractivity contribution in [2.24, 2.45) is 0 Å². The molecule has 3 aromatic rings. The molecular formula is C19H19ClN4O2. The summed E-state index contributed by atoms with van der Waals surface area (Å²) >= 11 is 5.99. The molecule has 0 unspecified atom stereocenters. The number of ether oxygens (including phenoxy) is 1. The maximum Gasteiger partial charge on any atom is 0.324 e. The van der Waals surface area contributed by atoms with E-state index in [0.717, 1.165) is 11.3 Å². The molecule has 0 aliphatic heterocycles. The third kappa shape index (κ3) is 4.34. The van der Waals surface area contributed by atoms with Gasteiger partial charge in [-0.25, -0.2) is 9.48 Å². The Morgan fingerprint density at radius 2 is 1.92 bits per heavy atom. The van der Waals surface area contributed by atoms with Crippen LogP contribution in [0.2, 0.25) is 5.02 Å². The summed E-state index contributed by atoms with van der Waals surface area (Å²) in [5.74, 6) is 1.13. The van der Waals surface area contributed by atoms with E-state index in [-0.39, 0.29) is 0 Å². The quantitative estimate of drug-likeness (QED) is 0.692. The number of carbonyl (C=O) groups excluding carboxylic acids is 1. The smallest absolute Gasteiger partial charge is 0.324 e. The number of methoxy groups -OCH3 is 1. The first-order chi connectivity index (χ1) is 12.5. The first-order valence-corrected chi connectivity index (χ1v) is 8.43. The van der Waals surface area contributed by atoms with Crippen molar-refractivity contribution in [3.8, 4) is 5.75 Å². The number of hydrogen-bond donors (Lipinski definition) is 2. The number of anilines is 2. The Bertz CT molecular complexity index is 909. The van der Waals surface area contributed by atoms with Crippen molar-refractivity contribution >= 4 is 29.1 Å². The number of nitrogens with zero attached hydrogens (tertiary/aromatic N) is 2. The van der Waals surface area contributed by atoms with Crippen molar-refractivity contribution in [1.29, 1.82) is 0 Å². The Morgan fingerprint density at radius 1 is 1.15 bits per heavy atom. The number of aromatic nitrogens is 2. The summed E-state index contributed by atoms with van der Waals surface area (Å²) in [7, 11) is 1.53. The number of carbonyl (C=O) groups is 1. The molecule has 2 amide bonds. The summed E-state index contributed by atoms with van der Waals surface area (Å²) in [5.41, 5.74) is 2.40. The minimum atomic E-state index is -0.403. The Balaban J connectivity index is 1.75. The Kier molecular flexibility index (Phi) is 5.43. The molecule has 0 fully saturated rings. The van der Waals surface area contributed by atoms with Gasteiger partial charge in [0.05, 0.1) is 25.0 Å². The minimum Gasteiger partial charge on any atom is -0.495 e. The summed E-state index contributed by atoms with van der Waals surface area (Å²) in [6.45, 7) is 2.44. The van der Waals surface area contributed by atoms with Gasteiger partial charge in [0, 0.05) is 11.1 Å². The van der Waals surface area contributed by atoms with Crippen LogP contribution in [0.5, 0.6) is 5.75 Å². The van der Waals surface area contributed by atoms with Crippen LogP contribution in [0.1, 0.15) is 11.3 Å². The lowest BCUT2D eigenvalue weighted by Gasteiger charge is -2.12. The maximum absolute atomic E-state index is 12.4. The lowest BCUT2D eigenvalue weighted by atomic mass is 10.2. The van der Waals surface area contributed by atoms with Crippen LogP contribution in [0, 0.1) is 6.92 Å². The Labute approximate surface area is 156 Å². The molecular weight excluding hydrogens is 352 g/mol. The molecule has 0 saturated carbocycles. The number of nitrogens with one attached hydrogen (secondary N) is 2. The van der Waals surface area contributed by atoms with Gasteiger partial charge in [-0.15, -0.1) is 0 Å². The predicted octanol–water partition coefficient (Wildman–Crippen LogP) is 4.55. The number of amides is 2. The standard InChI is InChI=1S/C19H19ClN4O2/c1-13-10-18(24(23-13)12-14-6-4-3-5-7-14)22-19(25)21-16-11-15(20)8-9-17(16)26-2/h3-11H,12H2,1-2H3,(H2,21,22,25). The number of rotatable bonds is 5. The van der Waals surface area contributed by atoms with Gasteiger partial charge in [-0.2, -0.15) is 5.10 Å². The van der Waals surface area contributed by atoms with Crippen molar-refractivity contribution in [3.05, 3.63) is 70.9 Å². The van der Waals surface area contributed by atoms with Crippen molar-refractivity contribution in [2.45, 2.75) is 13.5 Å². The Hall–Kier alpha value is -2.99. The second-order valence-corrected chi connectivity index (χ2v) is 6.17. The van der Waals surface area contributed by atoms with Crippen molar-refractivity contribution < 1.29 is 9.53 Å². The van der Waals surface area contributed by atoms with Gasteiger partial charge in [-0.1, -0.05) is 41.9 Å². The van der Waals surface area contributed by atoms with Gasteiger partial charge >= 0.3 is 6.03 Å². The van der Waals surface area contributed by atoms with E-state index in [1.165, 1.54) is 7.11 Å². The topological polar surface area (TPSA) is 68.2 Å². The highest BCUT2D eigenvalue weighted by Gasteiger charge is 2.12. The van der Waals surface area contributed by atoms with Gasteiger partial charge in [0.2, 0.25) is 0 Å². The second-order valence-electron chi connectivity index (χ2n) is 5.74. The fraction of sp³-hybridized carbons (Fsp3) is 0.158. The van der Waals surface area contributed by atoms with E-state index < -0.39 is 6.03 Å². The fourth-order valence-corrected chi connectivity index (χ4v) is 2.74. The highest BCUT2D eigenvalue weighted by molar-refractivity contribution is 6.31. The number of urea groups is 1. The maximum atomic E-state index is 12.4. The van der Waals surface area contributed by atoms with Crippen LogP contribution < -0.4 is 15.4 Å². The van der Waals surface area contributed by atoms with Gasteiger partial charge in [0.1, 0.15) is 11.6 Å². The number of halogens is 1. The first-order valence-electron chi connectivity index (χ1n) is 8.05. The van der Waals surface area contributed by atoms with Crippen molar-refractivity contribution in [3.63, 3.8) is 0 Å². The summed E-state index contributed by atoms with van der Waals surface area (Å²) in [6.07, 6.45) is 0. The highest BCUT2D eigenvalue weighted by Crippen LogP contribution is 2.27. The zero-order valence-electron chi connectivity index (χ0n) is 14.5. The third-order valence-electron chi connectivity index (χ3n) is 3.73. The number of aryl methyl sites for hydroxylation is 1. The second kappa shape index (κ2) is 7.93. The first kappa shape index (κ1) is 17.8.